The second-order valence-electron chi connectivity index (χ2n) is 5.02. The average molecular weight is 221 g/mol. The van der Waals surface area contributed by atoms with Gasteiger partial charge in [-0.05, 0) is 32.3 Å². The molecule has 0 radical (unpaired) electrons. The van der Waals surface area contributed by atoms with E-state index < -0.39 is 0 Å². The molecule has 0 bridgehead atoms. The summed E-state index contributed by atoms with van der Waals surface area (Å²) in [6, 6.07) is 2.86. The Morgan fingerprint density at radius 3 is 2.88 bits per heavy atom. The zero-order valence-electron chi connectivity index (χ0n) is 9.72. The van der Waals surface area contributed by atoms with Gasteiger partial charge in [0.15, 0.2) is 0 Å². The minimum Gasteiger partial charge on any atom is -0.381 e. The van der Waals surface area contributed by atoms with Crippen LogP contribution in [0.1, 0.15) is 55.6 Å². The van der Waals surface area contributed by atoms with Crippen LogP contribution in [0.2, 0.25) is 0 Å². The molecule has 2 heterocycles. The SMILES string of the molecule is C[C@H](N)c1cc(C2CCOC2)nn1C1CC1. The molecule has 0 amide bonds. The monoisotopic (exact) mass is 221 g/mol. The Morgan fingerprint density at radius 2 is 2.31 bits per heavy atom. The van der Waals surface area contributed by atoms with Crippen molar-refractivity contribution in [3.05, 3.63) is 17.5 Å². The third kappa shape index (κ3) is 1.76. The third-order valence-electron chi connectivity index (χ3n) is 3.49. The van der Waals surface area contributed by atoms with E-state index in [-0.39, 0.29) is 6.04 Å². The van der Waals surface area contributed by atoms with Crippen LogP contribution in [0.3, 0.4) is 0 Å². The zero-order valence-corrected chi connectivity index (χ0v) is 9.72. The van der Waals surface area contributed by atoms with Gasteiger partial charge in [-0.15, -0.1) is 0 Å². The molecule has 3 rings (SSSR count). The van der Waals surface area contributed by atoms with E-state index in [1.807, 2.05) is 6.92 Å². The lowest BCUT2D eigenvalue weighted by molar-refractivity contribution is 0.193. The van der Waals surface area contributed by atoms with Gasteiger partial charge in [-0.3, -0.25) is 4.68 Å². The lowest BCUT2D eigenvalue weighted by atomic mass is 10.0. The third-order valence-corrected chi connectivity index (χ3v) is 3.49. The van der Waals surface area contributed by atoms with Crippen LogP contribution in [-0.4, -0.2) is 23.0 Å². The average Bonchev–Trinajstić information content (AvgIpc) is 2.83. The summed E-state index contributed by atoms with van der Waals surface area (Å²) in [4.78, 5) is 0. The molecule has 0 spiro atoms. The predicted molar refractivity (Wildman–Crippen MR) is 61.3 cm³/mol. The van der Waals surface area contributed by atoms with E-state index in [0.29, 0.717) is 12.0 Å². The molecular formula is C12H19N3O. The van der Waals surface area contributed by atoms with Gasteiger partial charge in [0.05, 0.1) is 24.0 Å². The lowest BCUT2D eigenvalue weighted by Gasteiger charge is -2.07. The summed E-state index contributed by atoms with van der Waals surface area (Å²) in [5.41, 5.74) is 8.36. The standard InChI is InChI=1S/C12H19N3O/c1-8(13)12-6-11(9-4-5-16-7-9)14-15(12)10-2-3-10/h6,8-10H,2-5,7,13H2,1H3/t8-,9?/m0/s1. The van der Waals surface area contributed by atoms with Gasteiger partial charge in [0.25, 0.3) is 0 Å². The Kier molecular flexibility index (Phi) is 2.48. The lowest BCUT2D eigenvalue weighted by Crippen LogP contribution is -2.12. The minimum absolute atomic E-state index is 0.0733. The fraction of sp³-hybridized carbons (Fsp3) is 0.750. The molecule has 4 heteroatoms. The Bertz CT molecular complexity index is 356. The number of aromatic nitrogens is 2. The van der Waals surface area contributed by atoms with Crippen LogP contribution in [-0.2, 0) is 4.74 Å². The van der Waals surface area contributed by atoms with Crippen LogP contribution < -0.4 is 5.73 Å². The Morgan fingerprint density at radius 1 is 1.50 bits per heavy atom. The number of nitrogens with zero attached hydrogens (tertiary/aromatic N) is 2. The normalized spacial score (nSPS) is 27.2. The van der Waals surface area contributed by atoms with Crippen molar-refractivity contribution in [1.29, 1.82) is 0 Å². The van der Waals surface area contributed by atoms with Crippen molar-refractivity contribution >= 4 is 0 Å². The maximum absolute atomic E-state index is 6.00. The molecule has 2 aliphatic rings. The summed E-state index contributed by atoms with van der Waals surface area (Å²) in [6.45, 7) is 3.72. The van der Waals surface area contributed by atoms with E-state index in [4.69, 9.17) is 15.6 Å². The number of hydrogen-bond donors (Lipinski definition) is 1. The zero-order chi connectivity index (χ0) is 11.1. The Labute approximate surface area is 95.8 Å². The smallest absolute Gasteiger partial charge is 0.0683 e. The fourth-order valence-corrected chi connectivity index (χ4v) is 2.35. The van der Waals surface area contributed by atoms with Gasteiger partial charge >= 0.3 is 0 Å². The summed E-state index contributed by atoms with van der Waals surface area (Å²) < 4.78 is 7.57. The van der Waals surface area contributed by atoms with Crippen LogP contribution in [0.5, 0.6) is 0 Å². The molecule has 2 atom stereocenters. The summed E-state index contributed by atoms with van der Waals surface area (Å²) >= 11 is 0. The molecule has 1 saturated heterocycles. The quantitative estimate of drug-likeness (QED) is 0.846. The molecule has 16 heavy (non-hydrogen) atoms. The van der Waals surface area contributed by atoms with Gasteiger partial charge < -0.3 is 10.5 Å². The summed E-state index contributed by atoms with van der Waals surface area (Å²) in [5.74, 6) is 0.484. The molecule has 1 aromatic heterocycles. The van der Waals surface area contributed by atoms with Gasteiger partial charge in [-0.25, -0.2) is 0 Å². The number of ether oxygens (including phenoxy) is 1. The summed E-state index contributed by atoms with van der Waals surface area (Å²) in [5, 5.41) is 4.73. The summed E-state index contributed by atoms with van der Waals surface area (Å²) in [6.07, 6.45) is 3.60. The maximum Gasteiger partial charge on any atom is 0.0683 e. The highest BCUT2D eigenvalue weighted by Gasteiger charge is 2.30. The molecule has 1 unspecified atom stereocenters. The first-order chi connectivity index (χ1) is 7.75. The highest BCUT2D eigenvalue weighted by atomic mass is 16.5. The Balaban J connectivity index is 1.91. The largest absolute Gasteiger partial charge is 0.381 e. The van der Waals surface area contributed by atoms with Crippen molar-refractivity contribution in [3.8, 4) is 0 Å². The molecule has 2 fully saturated rings. The second kappa shape index (κ2) is 3.86. The van der Waals surface area contributed by atoms with Crippen LogP contribution in [0, 0.1) is 0 Å². The fourth-order valence-electron chi connectivity index (χ4n) is 2.35. The van der Waals surface area contributed by atoms with E-state index in [1.165, 1.54) is 24.2 Å². The highest BCUT2D eigenvalue weighted by molar-refractivity contribution is 5.19. The molecule has 1 saturated carbocycles. The van der Waals surface area contributed by atoms with E-state index >= 15 is 0 Å². The molecule has 0 aromatic carbocycles. The molecule has 2 N–H and O–H groups in total. The van der Waals surface area contributed by atoms with Gasteiger partial charge in [0.1, 0.15) is 0 Å². The van der Waals surface area contributed by atoms with Crippen LogP contribution in [0.15, 0.2) is 6.07 Å². The molecule has 88 valence electrons. The summed E-state index contributed by atoms with van der Waals surface area (Å²) in [7, 11) is 0. The molecule has 1 aromatic rings. The first kappa shape index (κ1) is 10.3. The minimum atomic E-state index is 0.0733. The maximum atomic E-state index is 6.00. The topological polar surface area (TPSA) is 53.1 Å². The van der Waals surface area contributed by atoms with E-state index in [0.717, 1.165) is 19.6 Å². The number of rotatable bonds is 3. The van der Waals surface area contributed by atoms with Crippen molar-refractivity contribution in [2.24, 2.45) is 5.73 Å². The van der Waals surface area contributed by atoms with Gasteiger partial charge in [-0.2, -0.15) is 5.10 Å². The van der Waals surface area contributed by atoms with Gasteiger partial charge in [0.2, 0.25) is 0 Å². The molecular weight excluding hydrogens is 202 g/mol. The number of hydrogen-bond acceptors (Lipinski definition) is 3. The van der Waals surface area contributed by atoms with Crippen molar-refractivity contribution in [2.45, 2.75) is 44.2 Å². The van der Waals surface area contributed by atoms with Gasteiger partial charge in [0, 0.05) is 18.6 Å². The van der Waals surface area contributed by atoms with Crippen LogP contribution in [0.25, 0.3) is 0 Å². The predicted octanol–water partition coefficient (Wildman–Crippen LogP) is 1.74. The van der Waals surface area contributed by atoms with E-state index in [9.17, 15) is 0 Å². The van der Waals surface area contributed by atoms with E-state index in [1.54, 1.807) is 0 Å². The first-order valence-electron chi connectivity index (χ1n) is 6.18. The molecule has 4 nitrogen and oxygen atoms in total. The van der Waals surface area contributed by atoms with E-state index in [2.05, 4.69) is 10.7 Å². The Hall–Kier alpha value is -0.870. The first-order valence-corrected chi connectivity index (χ1v) is 6.18. The second-order valence-corrected chi connectivity index (χ2v) is 5.02. The number of nitrogens with two attached hydrogens (primary N) is 1. The van der Waals surface area contributed by atoms with Crippen LogP contribution >= 0.6 is 0 Å². The van der Waals surface area contributed by atoms with Crippen LogP contribution in [0.4, 0.5) is 0 Å². The highest BCUT2D eigenvalue weighted by Crippen LogP contribution is 2.38. The molecule has 1 aliphatic heterocycles. The van der Waals surface area contributed by atoms with Crippen molar-refractivity contribution in [1.82, 2.24) is 9.78 Å². The molecule has 1 aliphatic carbocycles. The van der Waals surface area contributed by atoms with Crippen molar-refractivity contribution in [2.75, 3.05) is 13.2 Å². The van der Waals surface area contributed by atoms with Gasteiger partial charge in [-0.1, -0.05) is 0 Å². The van der Waals surface area contributed by atoms with Crippen molar-refractivity contribution < 1.29 is 4.74 Å². The van der Waals surface area contributed by atoms with Crippen molar-refractivity contribution in [3.63, 3.8) is 0 Å².